The first-order chi connectivity index (χ1) is 8.56. The maximum Gasteiger partial charge on any atom is 0.131 e. The number of nitrogens with two attached hydrogens (primary N) is 1. The second kappa shape index (κ2) is 5.39. The quantitative estimate of drug-likeness (QED) is 0.845. The highest BCUT2D eigenvalue weighted by Gasteiger charge is 2.27. The summed E-state index contributed by atoms with van der Waals surface area (Å²) in [7, 11) is 0. The molecule has 1 aliphatic heterocycles. The standard InChI is InChI=1S/C12H17N3OS2/c1-7-5-15(6-8(2)16-7)12-11(17-3)10(14)9(4-13)18-12/h7-8H,5-6,14H2,1-3H3/t7-,8+. The fraction of sp³-hybridized carbons (Fsp3) is 0.583. The van der Waals surface area contributed by atoms with Crippen molar-refractivity contribution < 1.29 is 4.74 Å². The number of anilines is 2. The summed E-state index contributed by atoms with van der Waals surface area (Å²) in [5.41, 5.74) is 6.63. The lowest BCUT2D eigenvalue weighted by molar-refractivity contribution is -0.00513. The number of ether oxygens (including phenoxy) is 1. The third-order valence-corrected chi connectivity index (χ3v) is 5.02. The Bertz CT molecular complexity index is 470. The molecule has 0 bridgehead atoms. The lowest BCUT2D eigenvalue weighted by atomic mass is 10.2. The number of hydrogen-bond donors (Lipinski definition) is 1. The van der Waals surface area contributed by atoms with Gasteiger partial charge in [0, 0.05) is 13.1 Å². The summed E-state index contributed by atoms with van der Waals surface area (Å²) in [4.78, 5) is 3.92. The Balaban J connectivity index is 2.35. The molecule has 2 N–H and O–H groups in total. The maximum atomic E-state index is 9.08. The minimum Gasteiger partial charge on any atom is -0.396 e. The van der Waals surface area contributed by atoms with Crippen LogP contribution in [0, 0.1) is 11.3 Å². The number of nitrogens with zero attached hydrogens (tertiary/aromatic N) is 2. The molecule has 2 atom stereocenters. The van der Waals surface area contributed by atoms with Crippen molar-refractivity contribution in [2.24, 2.45) is 0 Å². The van der Waals surface area contributed by atoms with E-state index in [0.717, 1.165) is 23.0 Å². The van der Waals surface area contributed by atoms with Crippen LogP contribution >= 0.6 is 23.1 Å². The number of morpholine rings is 1. The molecule has 4 nitrogen and oxygen atoms in total. The zero-order valence-electron chi connectivity index (χ0n) is 10.8. The molecule has 6 heteroatoms. The molecule has 1 aromatic rings. The van der Waals surface area contributed by atoms with Crippen LogP contribution in [-0.4, -0.2) is 31.6 Å². The van der Waals surface area contributed by atoms with Gasteiger partial charge in [-0.1, -0.05) is 0 Å². The zero-order valence-corrected chi connectivity index (χ0v) is 12.4. The fourth-order valence-electron chi connectivity index (χ4n) is 2.25. The number of hydrogen-bond acceptors (Lipinski definition) is 6. The topological polar surface area (TPSA) is 62.3 Å². The summed E-state index contributed by atoms with van der Waals surface area (Å²) in [6.45, 7) is 5.85. The molecule has 0 amide bonds. The molecule has 1 saturated heterocycles. The predicted molar refractivity (Wildman–Crippen MR) is 77.4 cm³/mol. The van der Waals surface area contributed by atoms with Crippen LogP contribution in [0.5, 0.6) is 0 Å². The van der Waals surface area contributed by atoms with E-state index in [4.69, 9.17) is 15.7 Å². The Labute approximate surface area is 116 Å². The van der Waals surface area contributed by atoms with E-state index in [1.165, 1.54) is 11.3 Å². The van der Waals surface area contributed by atoms with Crippen LogP contribution in [0.4, 0.5) is 10.7 Å². The van der Waals surface area contributed by atoms with Gasteiger partial charge in [-0.15, -0.1) is 23.1 Å². The molecule has 98 valence electrons. The van der Waals surface area contributed by atoms with Gasteiger partial charge in [0.05, 0.1) is 22.8 Å². The smallest absolute Gasteiger partial charge is 0.131 e. The van der Waals surface area contributed by atoms with Crippen molar-refractivity contribution in [2.75, 3.05) is 30.0 Å². The minimum atomic E-state index is 0.206. The molecule has 0 unspecified atom stereocenters. The van der Waals surface area contributed by atoms with E-state index in [0.29, 0.717) is 10.6 Å². The third-order valence-electron chi connectivity index (χ3n) is 2.89. The fourth-order valence-corrected chi connectivity index (χ4v) is 4.25. The summed E-state index contributed by atoms with van der Waals surface area (Å²) >= 11 is 3.09. The summed E-state index contributed by atoms with van der Waals surface area (Å²) in [6, 6.07) is 2.17. The maximum absolute atomic E-state index is 9.08. The number of rotatable bonds is 2. The number of nitriles is 1. The third kappa shape index (κ3) is 2.44. The van der Waals surface area contributed by atoms with Gasteiger partial charge >= 0.3 is 0 Å². The van der Waals surface area contributed by atoms with Gasteiger partial charge in [0.2, 0.25) is 0 Å². The van der Waals surface area contributed by atoms with E-state index in [9.17, 15) is 0 Å². The number of nitrogen functional groups attached to an aromatic ring is 1. The normalized spacial score (nSPS) is 24.0. The van der Waals surface area contributed by atoms with Crippen LogP contribution in [0.3, 0.4) is 0 Å². The summed E-state index contributed by atoms with van der Waals surface area (Å²) in [5, 5.41) is 10.2. The van der Waals surface area contributed by atoms with Crippen molar-refractivity contribution in [2.45, 2.75) is 31.0 Å². The van der Waals surface area contributed by atoms with Crippen LogP contribution in [0.15, 0.2) is 4.90 Å². The Morgan fingerprint density at radius 1 is 1.44 bits per heavy atom. The van der Waals surface area contributed by atoms with E-state index in [1.54, 1.807) is 11.8 Å². The van der Waals surface area contributed by atoms with Gasteiger partial charge in [-0.3, -0.25) is 0 Å². The van der Waals surface area contributed by atoms with E-state index in [-0.39, 0.29) is 12.2 Å². The van der Waals surface area contributed by atoms with Gasteiger partial charge in [-0.25, -0.2) is 0 Å². The molecule has 1 aromatic heterocycles. The highest BCUT2D eigenvalue weighted by Crippen LogP contribution is 2.44. The van der Waals surface area contributed by atoms with Gasteiger partial charge in [0.25, 0.3) is 0 Å². The molecule has 18 heavy (non-hydrogen) atoms. The SMILES string of the molecule is CSc1c(N2C[C@@H](C)O[C@@H](C)C2)sc(C#N)c1N. The van der Waals surface area contributed by atoms with Gasteiger partial charge in [0.1, 0.15) is 15.9 Å². The first-order valence-electron chi connectivity index (χ1n) is 5.83. The predicted octanol–water partition coefficient (Wildman–Crippen LogP) is 2.54. The highest BCUT2D eigenvalue weighted by molar-refractivity contribution is 7.99. The summed E-state index contributed by atoms with van der Waals surface area (Å²) in [6.07, 6.45) is 2.41. The number of thioether (sulfide) groups is 1. The second-order valence-corrected chi connectivity index (χ2v) is 6.27. The van der Waals surface area contributed by atoms with E-state index < -0.39 is 0 Å². The van der Waals surface area contributed by atoms with Gasteiger partial charge in [-0.2, -0.15) is 5.26 Å². The molecular formula is C12H17N3OS2. The van der Waals surface area contributed by atoms with Crippen molar-refractivity contribution in [3.8, 4) is 6.07 Å². The molecule has 0 aromatic carbocycles. The van der Waals surface area contributed by atoms with Crippen LogP contribution < -0.4 is 10.6 Å². The van der Waals surface area contributed by atoms with Crippen LogP contribution in [0.2, 0.25) is 0 Å². The Morgan fingerprint density at radius 3 is 2.56 bits per heavy atom. The minimum absolute atomic E-state index is 0.206. The Morgan fingerprint density at radius 2 is 2.06 bits per heavy atom. The Hall–Kier alpha value is -0.900. The van der Waals surface area contributed by atoms with Gasteiger partial charge in [0.15, 0.2) is 0 Å². The van der Waals surface area contributed by atoms with E-state index in [2.05, 4.69) is 24.8 Å². The second-order valence-electron chi connectivity index (χ2n) is 4.46. The highest BCUT2D eigenvalue weighted by atomic mass is 32.2. The van der Waals surface area contributed by atoms with Crippen molar-refractivity contribution >= 4 is 33.8 Å². The van der Waals surface area contributed by atoms with Crippen molar-refractivity contribution in [1.29, 1.82) is 5.26 Å². The number of thiophene rings is 1. The summed E-state index contributed by atoms with van der Waals surface area (Å²) in [5.74, 6) is 0. The molecule has 0 radical (unpaired) electrons. The Kier molecular flexibility index (Phi) is 4.05. The zero-order chi connectivity index (χ0) is 13.3. The average Bonchev–Trinajstić information content (AvgIpc) is 2.64. The van der Waals surface area contributed by atoms with Crippen LogP contribution in [0.1, 0.15) is 18.7 Å². The first kappa shape index (κ1) is 13.5. The molecule has 1 fully saturated rings. The van der Waals surface area contributed by atoms with E-state index >= 15 is 0 Å². The van der Waals surface area contributed by atoms with Crippen LogP contribution in [-0.2, 0) is 4.74 Å². The van der Waals surface area contributed by atoms with Gasteiger partial charge < -0.3 is 15.4 Å². The van der Waals surface area contributed by atoms with Crippen LogP contribution in [0.25, 0.3) is 0 Å². The summed E-state index contributed by atoms with van der Waals surface area (Å²) < 4.78 is 5.73. The van der Waals surface area contributed by atoms with E-state index in [1.807, 2.05) is 6.26 Å². The molecule has 0 saturated carbocycles. The molecular weight excluding hydrogens is 266 g/mol. The van der Waals surface area contributed by atoms with Crippen molar-refractivity contribution in [1.82, 2.24) is 0 Å². The van der Waals surface area contributed by atoms with Crippen molar-refractivity contribution in [3.63, 3.8) is 0 Å². The molecule has 2 heterocycles. The van der Waals surface area contributed by atoms with Gasteiger partial charge in [-0.05, 0) is 20.1 Å². The molecule has 1 aliphatic rings. The largest absolute Gasteiger partial charge is 0.396 e. The average molecular weight is 283 g/mol. The molecule has 0 aliphatic carbocycles. The van der Waals surface area contributed by atoms with Crippen molar-refractivity contribution in [3.05, 3.63) is 4.88 Å². The lowest BCUT2D eigenvalue weighted by Crippen LogP contribution is -2.45. The monoisotopic (exact) mass is 283 g/mol. The molecule has 2 rings (SSSR count). The first-order valence-corrected chi connectivity index (χ1v) is 7.87. The lowest BCUT2D eigenvalue weighted by Gasteiger charge is -2.36. The molecule has 0 spiro atoms.